The van der Waals surface area contributed by atoms with Crippen LogP contribution in [0.5, 0.6) is 0 Å². The van der Waals surface area contributed by atoms with Crippen molar-refractivity contribution in [1.82, 2.24) is 10.4 Å². The summed E-state index contributed by atoms with van der Waals surface area (Å²) in [5.41, 5.74) is 5.35. The molecule has 0 aromatic carbocycles. The average Bonchev–Trinajstić information content (AvgIpc) is 2.67. The third-order valence-electron chi connectivity index (χ3n) is 3.26. The van der Waals surface area contributed by atoms with Crippen molar-refractivity contribution < 1.29 is 0 Å². The van der Waals surface area contributed by atoms with Crippen molar-refractivity contribution in [1.29, 1.82) is 0 Å². The topological polar surface area (TPSA) is 50.9 Å². The minimum atomic E-state index is 0.187. The molecule has 3 nitrogen and oxygen atoms in total. The molecule has 0 spiro atoms. The summed E-state index contributed by atoms with van der Waals surface area (Å²) in [6.07, 6.45) is 6.28. The summed E-state index contributed by atoms with van der Waals surface area (Å²) < 4.78 is 0.199. The second-order valence-corrected chi connectivity index (χ2v) is 6.29. The smallest absolute Gasteiger partial charge is 0.0619 e. The molecule has 0 amide bonds. The second-order valence-electron chi connectivity index (χ2n) is 4.66. The molecular formula is C12H19N3S. The van der Waals surface area contributed by atoms with E-state index in [0.29, 0.717) is 0 Å². The van der Waals surface area contributed by atoms with E-state index in [0.717, 1.165) is 0 Å². The summed E-state index contributed by atoms with van der Waals surface area (Å²) in [4.78, 5) is 4.25. The number of nitrogens with zero attached hydrogens (tertiary/aromatic N) is 1. The van der Waals surface area contributed by atoms with E-state index in [4.69, 9.17) is 5.84 Å². The number of rotatable bonds is 3. The van der Waals surface area contributed by atoms with E-state index in [-0.39, 0.29) is 10.8 Å². The summed E-state index contributed by atoms with van der Waals surface area (Å²) in [6.45, 7) is 4.35. The molecule has 0 aliphatic carbocycles. The van der Waals surface area contributed by atoms with E-state index in [2.05, 4.69) is 30.3 Å². The van der Waals surface area contributed by atoms with Gasteiger partial charge in [0.05, 0.1) is 6.04 Å². The van der Waals surface area contributed by atoms with Gasteiger partial charge in [0.2, 0.25) is 0 Å². The van der Waals surface area contributed by atoms with Crippen LogP contribution in [0.2, 0.25) is 0 Å². The van der Waals surface area contributed by atoms with Gasteiger partial charge in [0.1, 0.15) is 0 Å². The summed E-state index contributed by atoms with van der Waals surface area (Å²) in [7, 11) is 0. The third kappa shape index (κ3) is 2.24. The van der Waals surface area contributed by atoms with Crippen molar-refractivity contribution in [3.63, 3.8) is 0 Å². The molecule has 2 atom stereocenters. The van der Waals surface area contributed by atoms with E-state index < -0.39 is 0 Å². The summed E-state index contributed by atoms with van der Waals surface area (Å²) in [6, 6.07) is 2.36. The number of thioether (sulfide) groups is 1. The molecule has 88 valence electrons. The van der Waals surface area contributed by atoms with E-state index in [1.165, 1.54) is 29.7 Å². The Balaban J connectivity index is 2.28. The zero-order valence-electron chi connectivity index (χ0n) is 9.86. The number of aromatic nitrogens is 1. The number of aryl methyl sites for hydroxylation is 1. The van der Waals surface area contributed by atoms with Crippen molar-refractivity contribution in [2.24, 2.45) is 5.84 Å². The fourth-order valence-corrected chi connectivity index (χ4v) is 3.80. The third-order valence-corrected chi connectivity index (χ3v) is 4.85. The molecule has 4 heteroatoms. The Kier molecular flexibility index (Phi) is 3.52. The minimum Gasteiger partial charge on any atom is -0.271 e. The molecule has 1 fully saturated rings. The minimum absolute atomic E-state index is 0.187. The lowest BCUT2D eigenvalue weighted by molar-refractivity contribution is 0.420. The molecule has 0 bridgehead atoms. The largest absolute Gasteiger partial charge is 0.271 e. The van der Waals surface area contributed by atoms with Gasteiger partial charge in [-0.25, -0.2) is 0 Å². The summed E-state index contributed by atoms with van der Waals surface area (Å²) >= 11 is 2.01. The van der Waals surface area contributed by atoms with Crippen molar-refractivity contribution in [3.8, 4) is 0 Å². The monoisotopic (exact) mass is 237 g/mol. The maximum atomic E-state index is 5.73. The van der Waals surface area contributed by atoms with Gasteiger partial charge in [-0.2, -0.15) is 11.8 Å². The molecule has 2 rings (SSSR count). The molecular weight excluding hydrogens is 218 g/mol. The van der Waals surface area contributed by atoms with Crippen LogP contribution in [-0.4, -0.2) is 15.5 Å². The van der Waals surface area contributed by atoms with E-state index in [1.54, 1.807) is 0 Å². The molecule has 2 heterocycles. The molecule has 1 aliphatic heterocycles. The van der Waals surface area contributed by atoms with Gasteiger partial charge in [-0.1, -0.05) is 6.07 Å². The van der Waals surface area contributed by atoms with Crippen LogP contribution in [0.4, 0.5) is 0 Å². The Morgan fingerprint density at radius 2 is 2.38 bits per heavy atom. The second kappa shape index (κ2) is 4.73. The van der Waals surface area contributed by atoms with Gasteiger partial charge in [-0.05, 0) is 43.6 Å². The standard InChI is InChI=1S/C12H19N3S/c1-9-6-10(8-14-7-9)11(15-13)12(2)4-3-5-16-12/h6-8,11,15H,3-5,13H2,1-2H3. The van der Waals surface area contributed by atoms with Gasteiger partial charge in [0.15, 0.2) is 0 Å². The Labute approximate surface area is 101 Å². The lowest BCUT2D eigenvalue weighted by Gasteiger charge is -2.33. The van der Waals surface area contributed by atoms with E-state index in [1.807, 2.05) is 24.2 Å². The number of nitrogens with one attached hydrogen (secondary N) is 1. The van der Waals surface area contributed by atoms with Gasteiger partial charge >= 0.3 is 0 Å². The first-order valence-electron chi connectivity index (χ1n) is 5.67. The van der Waals surface area contributed by atoms with Crippen LogP contribution in [-0.2, 0) is 0 Å². The Hall–Kier alpha value is -0.580. The highest BCUT2D eigenvalue weighted by atomic mass is 32.2. The predicted molar refractivity (Wildman–Crippen MR) is 69.1 cm³/mol. The van der Waals surface area contributed by atoms with Crippen LogP contribution in [0.25, 0.3) is 0 Å². The number of pyridine rings is 1. The van der Waals surface area contributed by atoms with Gasteiger partial charge in [-0.3, -0.25) is 16.3 Å². The summed E-state index contributed by atoms with van der Waals surface area (Å²) in [5, 5.41) is 0. The van der Waals surface area contributed by atoms with Gasteiger partial charge < -0.3 is 0 Å². The van der Waals surface area contributed by atoms with E-state index >= 15 is 0 Å². The highest BCUT2D eigenvalue weighted by Gasteiger charge is 2.38. The first kappa shape index (κ1) is 11.9. The van der Waals surface area contributed by atoms with Crippen LogP contribution in [0.3, 0.4) is 0 Å². The van der Waals surface area contributed by atoms with Crippen molar-refractivity contribution in [3.05, 3.63) is 29.6 Å². The Morgan fingerprint density at radius 3 is 2.94 bits per heavy atom. The highest BCUT2D eigenvalue weighted by Crippen LogP contribution is 2.46. The normalized spacial score (nSPS) is 26.9. The fraction of sp³-hybridized carbons (Fsp3) is 0.583. The van der Waals surface area contributed by atoms with Gasteiger partial charge in [0.25, 0.3) is 0 Å². The van der Waals surface area contributed by atoms with Crippen molar-refractivity contribution in [2.75, 3.05) is 5.75 Å². The number of hydrogen-bond donors (Lipinski definition) is 2. The highest BCUT2D eigenvalue weighted by molar-refractivity contribution is 8.00. The molecule has 0 radical (unpaired) electrons. The van der Waals surface area contributed by atoms with Crippen LogP contribution >= 0.6 is 11.8 Å². The first-order valence-corrected chi connectivity index (χ1v) is 6.66. The predicted octanol–water partition coefficient (Wildman–Crippen LogP) is 2.18. The fourth-order valence-electron chi connectivity index (χ4n) is 2.39. The van der Waals surface area contributed by atoms with Crippen LogP contribution in [0.1, 0.15) is 36.9 Å². The lowest BCUT2D eigenvalue weighted by atomic mass is 9.91. The number of hydrazine groups is 1. The zero-order chi connectivity index (χ0) is 11.6. The van der Waals surface area contributed by atoms with Crippen molar-refractivity contribution >= 4 is 11.8 Å². The Bertz CT molecular complexity index is 361. The zero-order valence-corrected chi connectivity index (χ0v) is 10.7. The van der Waals surface area contributed by atoms with Crippen molar-refractivity contribution in [2.45, 2.75) is 37.5 Å². The van der Waals surface area contributed by atoms with Crippen LogP contribution in [0, 0.1) is 6.92 Å². The number of nitrogens with two attached hydrogens (primary N) is 1. The SMILES string of the molecule is Cc1cncc(C(NN)C2(C)CCCS2)c1. The molecule has 1 aromatic heterocycles. The van der Waals surface area contributed by atoms with Crippen LogP contribution < -0.4 is 11.3 Å². The van der Waals surface area contributed by atoms with Gasteiger partial charge in [-0.15, -0.1) is 0 Å². The average molecular weight is 237 g/mol. The first-order chi connectivity index (χ1) is 7.65. The molecule has 1 aromatic rings. The quantitative estimate of drug-likeness (QED) is 0.625. The molecule has 1 aliphatic rings. The Morgan fingerprint density at radius 1 is 1.56 bits per heavy atom. The van der Waals surface area contributed by atoms with E-state index in [9.17, 15) is 0 Å². The number of hydrogen-bond acceptors (Lipinski definition) is 4. The molecule has 3 N–H and O–H groups in total. The van der Waals surface area contributed by atoms with Crippen LogP contribution in [0.15, 0.2) is 18.5 Å². The lowest BCUT2D eigenvalue weighted by Crippen LogP contribution is -2.41. The maximum absolute atomic E-state index is 5.73. The molecule has 2 unspecified atom stereocenters. The molecule has 0 saturated carbocycles. The molecule has 16 heavy (non-hydrogen) atoms. The summed E-state index contributed by atoms with van der Waals surface area (Å²) in [5.74, 6) is 6.96. The molecule has 1 saturated heterocycles. The maximum Gasteiger partial charge on any atom is 0.0619 e. The van der Waals surface area contributed by atoms with Gasteiger partial charge in [0, 0.05) is 17.1 Å².